The highest BCUT2D eigenvalue weighted by Crippen LogP contribution is 2.11. The number of benzene rings is 1. The first-order chi connectivity index (χ1) is 7.44. The minimum atomic E-state index is -0.552. The number of hydrogen-bond donors (Lipinski definition) is 2. The molecule has 1 amide bonds. The molecule has 0 heterocycles. The van der Waals surface area contributed by atoms with Gasteiger partial charge in [-0.1, -0.05) is 0 Å². The molecule has 0 bridgehead atoms. The Hall–Kier alpha value is -2.02. The molecule has 0 aromatic heterocycles. The van der Waals surface area contributed by atoms with Crippen LogP contribution in [0, 0.1) is 16.7 Å². The van der Waals surface area contributed by atoms with Gasteiger partial charge in [0.05, 0.1) is 11.5 Å². The van der Waals surface area contributed by atoms with E-state index < -0.39 is 5.41 Å². The molecule has 0 aliphatic rings. The fourth-order valence-electron chi connectivity index (χ4n) is 1.08. The third-order valence-corrected chi connectivity index (χ3v) is 2.17. The Morgan fingerprint density at radius 3 is 2.50 bits per heavy atom. The van der Waals surface area contributed by atoms with Crippen molar-refractivity contribution in [1.29, 1.82) is 5.26 Å². The molecule has 0 aliphatic carbocycles. The first kappa shape index (κ1) is 12.1. The van der Waals surface area contributed by atoms with E-state index in [9.17, 15) is 4.79 Å². The quantitative estimate of drug-likeness (QED) is 0.754. The Balaban J connectivity index is 2.61. The average molecular weight is 217 g/mol. The number of carbonyl (C=O) groups excluding carboxylic acids is 1. The van der Waals surface area contributed by atoms with E-state index in [1.165, 1.54) is 0 Å². The van der Waals surface area contributed by atoms with Gasteiger partial charge < -0.3 is 11.1 Å². The lowest BCUT2D eigenvalue weighted by Crippen LogP contribution is -2.33. The van der Waals surface area contributed by atoms with Gasteiger partial charge in [-0.05, 0) is 38.1 Å². The van der Waals surface area contributed by atoms with Crippen LogP contribution in [0.3, 0.4) is 0 Å². The Labute approximate surface area is 95.1 Å². The van der Waals surface area contributed by atoms with Crippen molar-refractivity contribution in [3.63, 3.8) is 0 Å². The van der Waals surface area contributed by atoms with Crippen LogP contribution in [0.4, 0.5) is 5.69 Å². The summed E-state index contributed by atoms with van der Waals surface area (Å²) in [7, 11) is 0. The van der Waals surface area contributed by atoms with Crippen LogP contribution < -0.4 is 11.1 Å². The van der Waals surface area contributed by atoms with Gasteiger partial charge >= 0.3 is 0 Å². The summed E-state index contributed by atoms with van der Waals surface area (Å²) < 4.78 is 0. The van der Waals surface area contributed by atoms with Gasteiger partial charge in [0.15, 0.2) is 0 Å². The van der Waals surface area contributed by atoms with Gasteiger partial charge in [-0.25, -0.2) is 0 Å². The van der Waals surface area contributed by atoms with Gasteiger partial charge in [-0.15, -0.1) is 0 Å². The van der Waals surface area contributed by atoms with Crippen LogP contribution in [-0.4, -0.2) is 12.5 Å². The normalized spacial score (nSPS) is 10.6. The number of nitrogens with one attached hydrogen (secondary N) is 1. The van der Waals surface area contributed by atoms with Crippen molar-refractivity contribution in [1.82, 2.24) is 5.32 Å². The molecule has 4 heteroatoms. The van der Waals surface area contributed by atoms with E-state index in [0.29, 0.717) is 17.8 Å². The van der Waals surface area contributed by atoms with Crippen molar-refractivity contribution in [3.05, 3.63) is 29.8 Å². The molecule has 1 rings (SSSR count). The zero-order valence-corrected chi connectivity index (χ0v) is 9.45. The maximum Gasteiger partial charge on any atom is 0.251 e. The topological polar surface area (TPSA) is 78.9 Å². The third kappa shape index (κ3) is 3.28. The maximum atomic E-state index is 11.7. The van der Waals surface area contributed by atoms with E-state index in [-0.39, 0.29) is 5.91 Å². The van der Waals surface area contributed by atoms with Gasteiger partial charge in [-0.3, -0.25) is 4.79 Å². The Kier molecular flexibility index (Phi) is 3.51. The SMILES string of the molecule is CC(C)(C#N)CNC(=O)c1ccc(N)cc1. The number of amides is 1. The van der Waals surface area contributed by atoms with Gasteiger partial charge in [0.25, 0.3) is 5.91 Å². The molecule has 16 heavy (non-hydrogen) atoms. The van der Waals surface area contributed by atoms with E-state index in [1.807, 2.05) is 0 Å². The van der Waals surface area contributed by atoms with Crippen molar-refractivity contribution in [3.8, 4) is 6.07 Å². The molecule has 84 valence electrons. The van der Waals surface area contributed by atoms with Crippen LogP contribution in [0.5, 0.6) is 0 Å². The molecule has 0 fully saturated rings. The summed E-state index contributed by atoms with van der Waals surface area (Å²) in [5.41, 5.74) is 6.13. The number of hydrogen-bond acceptors (Lipinski definition) is 3. The van der Waals surface area contributed by atoms with E-state index in [1.54, 1.807) is 38.1 Å². The van der Waals surface area contributed by atoms with E-state index in [2.05, 4.69) is 11.4 Å². The standard InChI is InChI=1S/C12H15N3O/c1-12(2,7-13)8-15-11(16)9-3-5-10(14)6-4-9/h3-6H,8,14H2,1-2H3,(H,15,16). The predicted octanol–water partition coefficient (Wildman–Crippen LogP) is 1.55. The Morgan fingerprint density at radius 1 is 1.44 bits per heavy atom. The molecule has 3 N–H and O–H groups in total. The molecule has 0 unspecified atom stereocenters. The van der Waals surface area contributed by atoms with Gasteiger partial charge in [-0.2, -0.15) is 5.26 Å². The summed E-state index contributed by atoms with van der Waals surface area (Å²) >= 11 is 0. The second kappa shape index (κ2) is 4.67. The molecule has 0 radical (unpaired) electrons. The summed E-state index contributed by atoms with van der Waals surface area (Å²) in [6.45, 7) is 3.87. The number of anilines is 1. The van der Waals surface area contributed by atoms with Crippen molar-refractivity contribution in [2.75, 3.05) is 12.3 Å². The van der Waals surface area contributed by atoms with Crippen LogP contribution >= 0.6 is 0 Å². The fraction of sp³-hybridized carbons (Fsp3) is 0.333. The van der Waals surface area contributed by atoms with Crippen LogP contribution in [0.25, 0.3) is 0 Å². The summed E-state index contributed by atoms with van der Waals surface area (Å²) in [4.78, 5) is 11.7. The van der Waals surface area contributed by atoms with Gasteiger partial charge in [0.1, 0.15) is 0 Å². The molecule has 0 aliphatic heterocycles. The molecule has 4 nitrogen and oxygen atoms in total. The van der Waals surface area contributed by atoms with E-state index in [0.717, 1.165) is 0 Å². The average Bonchev–Trinajstić information content (AvgIpc) is 2.27. The van der Waals surface area contributed by atoms with Crippen molar-refractivity contribution in [2.24, 2.45) is 5.41 Å². The van der Waals surface area contributed by atoms with Crippen molar-refractivity contribution < 1.29 is 4.79 Å². The van der Waals surface area contributed by atoms with Crippen LogP contribution in [0.1, 0.15) is 24.2 Å². The van der Waals surface area contributed by atoms with E-state index >= 15 is 0 Å². The summed E-state index contributed by atoms with van der Waals surface area (Å²) in [5, 5.41) is 11.5. The van der Waals surface area contributed by atoms with Gasteiger partial charge in [0.2, 0.25) is 0 Å². The minimum Gasteiger partial charge on any atom is -0.399 e. The highest BCUT2D eigenvalue weighted by atomic mass is 16.1. The first-order valence-electron chi connectivity index (χ1n) is 4.99. The van der Waals surface area contributed by atoms with E-state index in [4.69, 9.17) is 11.0 Å². The zero-order valence-electron chi connectivity index (χ0n) is 9.45. The number of nitrogens with zero attached hydrogens (tertiary/aromatic N) is 1. The molecule has 0 atom stereocenters. The predicted molar refractivity (Wildman–Crippen MR) is 62.6 cm³/mol. The van der Waals surface area contributed by atoms with Crippen LogP contribution in [0.2, 0.25) is 0 Å². The Morgan fingerprint density at radius 2 is 2.00 bits per heavy atom. The molecular weight excluding hydrogens is 202 g/mol. The van der Waals surface area contributed by atoms with Crippen molar-refractivity contribution in [2.45, 2.75) is 13.8 Å². The molecule has 1 aromatic rings. The molecular formula is C12H15N3O. The Bertz CT molecular complexity index is 415. The third-order valence-electron chi connectivity index (χ3n) is 2.17. The number of rotatable bonds is 3. The monoisotopic (exact) mass is 217 g/mol. The lowest BCUT2D eigenvalue weighted by atomic mass is 9.96. The molecule has 0 spiro atoms. The highest BCUT2D eigenvalue weighted by Gasteiger charge is 2.17. The summed E-state index contributed by atoms with van der Waals surface area (Å²) in [6.07, 6.45) is 0. The second-order valence-corrected chi connectivity index (χ2v) is 4.30. The number of carbonyl (C=O) groups is 1. The molecule has 0 saturated carbocycles. The first-order valence-corrected chi connectivity index (χ1v) is 4.99. The van der Waals surface area contributed by atoms with Crippen LogP contribution in [-0.2, 0) is 0 Å². The van der Waals surface area contributed by atoms with Crippen molar-refractivity contribution >= 4 is 11.6 Å². The number of nitrogen functional groups attached to an aromatic ring is 1. The summed E-state index contributed by atoms with van der Waals surface area (Å²) in [6, 6.07) is 8.78. The number of nitrogens with two attached hydrogens (primary N) is 1. The maximum absolute atomic E-state index is 11.7. The fourth-order valence-corrected chi connectivity index (χ4v) is 1.08. The van der Waals surface area contributed by atoms with Gasteiger partial charge in [0, 0.05) is 17.8 Å². The lowest BCUT2D eigenvalue weighted by molar-refractivity contribution is 0.0944. The highest BCUT2D eigenvalue weighted by molar-refractivity contribution is 5.94. The minimum absolute atomic E-state index is 0.191. The summed E-state index contributed by atoms with van der Waals surface area (Å²) in [5.74, 6) is -0.191. The molecule has 0 saturated heterocycles. The zero-order chi connectivity index (χ0) is 12.2. The smallest absolute Gasteiger partial charge is 0.251 e. The van der Waals surface area contributed by atoms with Crippen LogP contribution in [0.15, 0.2) is 24.3 Å². The lowest BCUT2D eigenvalue weighted by Gasteiger charge is -2.15. The largest absolute Gasteiger partial charge is 0.399 e. The second-order valence-electron chi connectivity index (χ2n) is 4.30. The number of nitriles is 1. The molecule has 1 aromatic carbocycles.